The average molecular weight is 503 g/mol. The van der Waals surface area contributed by atoms with E-state index in [2.05, 4.69) is 10.6 Å². The molecule has 0 radical (unpaired) electrons. The largest absolute Gasteiger partial charge is 0.465 e. The van der Waals surface area contributed by atoms with Crippen molar-refractivity contribution < 1.29 is 42.9 Å². The third kappa shape index (κ3) is 14.3. The minimum absolute atomic E-state index is 0.130. The predicted octanol–water partition coefficient (Wildman–Crippen LogP) is 1.23. The maximum atomic E-state index is 12.1. The summed E-state index contributed by atoms with van der Waals surface area (Å²) in [6.45, 7) is 11.2. The van der Waals surface area contributed by atoms with Crippen LogP contribution in [0.5, 0.6) is 0 Å². The van der Waals surface area contributed by atoms with Crippen molar-refractivity contribution in [1.29, 1.82) is 0 Å². The van der Waals surface area contributed by atoms with E-state index in [1.807, 2.05) is 0 Å². The Kier molecular flexibility index (Phi) is 15.6. The lowest BCUT2D eigenvalue weighted by molar-refractivity contribution is -0.172. The summed E-state index contributed by atoms with van der Waals surface area (Å²) in [6, 6.07) is 0. The monoisotopic (exact) mass is 502 g/mol. The minimum Gasteiger partial charge on any atom is -0.465 e. The van der Waals surface area contributed by atoms with Crippen LogP contribution in [-0.2, 0) is 42.9 Å². The van der Waals surface area contributed by atoms with Crippen molar-refractivity contribution in [2.75, 3.05) is 46.1 Å². The van der Waals surface area contributed by atoms with Crippen LogP contribution in [0.15, 0.2) is 0 Å². The first kappa shape index (κ1) is 32.3. The zero-order valence-electron chi connectivity index (χ0n) is 22.1. The van der Waals surface area contributed by atoms with E-state index in [0.29, 0.717) is 6.54 Å². The Morgan fingerprint density at radius 1 is 0.657 bits per heavy atom. The molecule has 11 nitrogen and oxygen atoms in total. The number of rotatable bonds is 17. The van der Waals surface area contributed by atoms with Gasteiger partial charge >= 0.3 is 17.9 Å². The summed E-state index contributed by atoms with van der Waals surface area (Å²) in [7, 11) is 0. The Morgan fingerprint density at radius 3 is 1.46 bits per heavy atom. The first-order chi connectivity index (χ1) is 16.3. The molecule has 2 amide bonds. The summed E-state index contributed by atoms with van der Waals surface area (Å²) < 4.78 is 21.7. The van der Waals surface area contributed by atoms with Gasteiger partial charge in [-0.25, -0.2) is 0 Å². The number of hydrogen-bond acceptors (Lipinski definition) is 9. The van der Waals surface area contributed by atoms with E-state index < -0.39 is 47.0 Å². The molecule has 0 aliphatic carbocycles. The van der Waals surface area contributed by atoms with Crippen LogP contribution < -0.4 is 10.6 Å². The topological polar surface area (TPSA) is 146 Å². The van der Waals surface area contributed by atoms with Crippen LogP contribution in [-0.4, -0.2) is 75.8 Å². The van der Waals surface area contributed by atoms with Crippen LogP contribution in [0.1, 0.15) is 54.9 Å². The number of carbonyl (C=O) groups is 5. The van der Waals surface area contributed by atoms with Gasteiger partial charge < -0.3 is 29.6 Å². The zero-order valence-corrected chi connectivity index (χ0v) is 22.1. The van der Waals surface area contributed by atoms with E-state index >= 15 is 0 Å². The Balaban J connectivity index is 5.33. The van der Waals surface area contributed by atoms with Gasteiger partial charge in [0.15, 0.2) is 0 Å². The number of ether oxygens (including phenoxy) is 4. The fourth-order valence-corrected chi connectivity index (χ4v) is 2.43. The highest BCUT2D eigenvalue weighted by atomic mass is 16.6. The molecule has 11 heteroatoms. The van der Waals surface area contributed by atoms with Gasteiger partial charge in [0.05, 0.1) is 29.8 Å². The van der Waals surface area contributed by atoms with Crippen LogP contribution in [0.4, 0.5) is 0 Å². The summed E-state index contributed by atoms with van der Waals surface area (Å²) in [4.78, 5) is 59.9. The van der Waals surface area contributed by atoms with Gasteiger partial charge in [0.2, 0.25) is 11.8 Å². The molecule has 2 N–H and O–H groups in total. The molecule has 35 heavy (non-hydrogen) atoms. The number of nitrogens with one attached hydrogen (secondary N) is 2. The van der Waals surface area contributed by atoms with Crippen molar-refractivity contribution in [3.05, 3.63) is 0 Å². The number of esters is 3. The minimum atomic E-state index is -1.22. The van der Waals surface area contributed by atoms with Crippen LogP contribution in [0.3, 0.4) is 0 Å². The molecule has 0 fully saturated rings. The normalized spacial score (nSPS) is 11.4. The number of amides is 2. The molecule has 0 unspecified atom stereocenters. The Morgan fingerprint density at radius 2 is 1.09 bits per heavy atom. The van der Waals surface area contributed by atoms with E-state index in [0.717, 1.165) is 0 Å². The van der Waals surface area contributed by atoms with Crippen molar-refractivity contribution in [2.24, 2.45) is 23.2 Å². The van der Waals surface area contributed by atoms with Gasteiger partial charge in [0.25, 0.3) is 0 Å². The maximum Gasteiger partial charge on any atom is 0.308 e. The highest BCUT2D eigenvalue weighted by Crippen LogP contribution is 2.23. The molecule has 0 aromatic carbocycles. The van der Waals surface area contributed by atoms with Crippen molar-refractivity contribution in [1.82, 2.24) is 10.6 Å². The smallest absolute Gasteiger partial charge is 0.308 e. The van der Waals surface area contributed by atoms with E-state index in [9.17, 15) is 24.0 Å². The third-order valence-electron chi connectivity index (χ3n) is 4.67. The highest BCUT2D eigenvalue weighted by Gasteiger charge is 2.37. The molecule has 0 aromatic heterocycles. The Hall–Kier alpha value is -2.69. The van der Waals surface area contributed by atoms with E-state index in [1.54, 1.807) is 48.5 Å². The van der Waals surface area contributed by atoms with Gasteiger partial charge in [0, 0.05) is 19.5 Å². The molecule has 0 bridgehead atoms. The fourth-order valence-electron chi connectivity index (χ4n) is 2.43. The summed E-state index contributed by atoms with van der Waals surface area (Å²) in [5, 5.41) is 5.20. The van der Waals surface area contributed by atoms with Gasteiger partial charge in [-0.1, -0.05) is 41.5 Å². The van der Waals surface area contributed by atoms with Crippen LogP contribution >= 0.6 is 0 Å². The first-order valence-electron chi connectivity index (χ1n) is 11.9. The summed E-state index contributed by atoms with van der Waals surface area (Å²) >= 11 is 0. The fraction of sp³-hybridized carbons (Fsp3) is 0.792. The molecule has 0 aliphatic rings. The molecule has 0 rings (SSSR count). The van der Waals surface area contributed by atoms with Gasteiger partial charge in [0.1, 0.15) is 26.4 Å². The molecular weight excluding hydrogens is 460 g/mol. The van der Waals surface area contributed by atoms with E-state index in [1.165, 1.54) is 0 Å². The van der Waals surface area contributed by atoms with Crippen molar-refractivity contribution >= 4 is 29.7 Å². The van der Waals surface area contributed by atoms with Crippen LogP contribution in [0, 0.1) is 23.2 Å². The molecule has 0 atom stereocenters. The average Bonchev–Trinajstić information content (AvgIpc) is 2.78. The van der Waals surface area contributed by atoms with Crippen LogP contribution in [0.2, 0.25) is 0 Å². The predicted molar refractivity (Wildman–Crippen MR) is 127 cm³/mol. The van der Waals surface area contributed by atoms with Gasteiger partial charge in [-0.05, 0) is 6.92 Å². The van der Waals surface area contributed by atoms with E-state index in [4.69, 9.17) is 18.9 Å². The molecule has 0 aromatic rings. The zero-order chi connectivity index (χ0) is 27.0. The quantitative estimate of drug-likeness (QED) is 0.221. The number of hydrogen-bond donors (Lipinski definition) is 2. The lowest BCUT2D eigenvalue weighted by atomic mass is 9.92. The SMILES string of the molecule is CCNC(=O)CCNC(=O)COCC(COC(=O)C(C)C)(COC(=O)C(C)C)COC(=O)C(C)C. The van der Waals surface area contributed by atoms with Crippen molar-refractivity contribution in [3.63, 3.8) is 0 Å². The van der Waals surface area contributed by atoms with Crippen LogP contribution in [0.25, 0.3) is 0 Å². The Bertz CT molecular complexity index is 645. The number of carbonyl (C=O) groups excluding carboxylic acids is 5. The molecule has 0 aliphatic heterocycles. The van der Waals surface area contributed by atoms with Gasteiger partial charge in [-0.2, -0.15) is 0 Å². The summed E-state index contributed by atoms with van der Waals surface area (Å²) in [5.41, 5.74) is -1.22. The molecule has 202 valence electrons. The summed E-state index contributed by atoms with van der Waals surface area (Å²) in [5.74, 6) is -3.30. The molecule has 0 saturated carbocycles. The first-order valence-corrected chi connectivity index (χ1v) is 11.9. The standard InChI is InChI=1S/C24H42N2O9/c1-8-25-19(27)9-10-26-20(28)11-32-12-24(13-33-21(29)16(2)3,14-34-22(30)17(4)5)15-35-23(31)18(6)7/h16-18H,8-15H2,1-7H3,(H,25,27)(H,26,28). The second-order valence-corrected chi connectivity index (χ2v) is 9.33. The Labute approximate surface area is 207 Å². The third-order valence-corrected chi connectivity index (χ3v) is 4.67. The summed E-state index contributed by atoms with van der Waals surface area (Å²) in [6.07, 6.45) is 0.130. The lowest BCUT2D eigenvalue weighted by Gasteiger charge is -2.32. The van der Waals surface area contributed by atoms with Crippen molar-refractivity contribution in [3.8, 4) is 0 Å². The van der Waals surface area contributed by atoms with E-state index in [-0.39, 0.29) is 51.9 Å². The lowest BCUT2D eigenvalue weighted by Crippen LogP contribution is -2.45. The highest BCUT2D eigenvalue weighted by molar-refractivity contribution is 5.79. The maximum absolute atomic E-state index is 12.1. The second kappa shape index (κ2) is 16.9. The molecule has 0 heterocycles. The second-order valence-electron chi connectivity index (χ2n) is 9.33. The molecule has 0 spiro atoms. The molecular formula is C24H42N2O9. The molecule has 0 saturated heterocycles. The van der Waals surface area contributed by atoms with Gasteiger partial charge in [-0.3, -0.25) is 24.0 Å². The van der Waals surface area contributed by atoms with Crippen molar-refractivity contribution in [2.45, 2.75) is 54.9 Å². The van der Waals surface area contributed by atoms with Gasteiger partial charge in [-0.15, -0.1) is 0 Å².